The Morgan fingerprint density at radius 1 is 0.517 bits per heavy atom. The Morgan fingerprint density at radius 3 is 0.966 bits per heavy atom. The van der Waals surface area contributed by atoms with Gasteiger partial charge in [-0.15, -0.1) is 0 Å². The van der Waals surface area contributed by atoms with Gasteiger partial charge in [0.1, 0.15) is 0 Å². The van der Waals surface area contributed by atoms with Crippen LogP contribution in [0.5, 0.6) is 0 Å². The first-order valence-electron chi connectivity index (χ1n) is 8.66. The molecule has 29 heavy (non-hydrogen) atoms. The zero-order valence-electron chi connectivity index (χ0n) is 15.3. The molecule has 6 atom stereocenters. The molecular formula is C15H24Br9O4P. The van der Waals surface area contributed by atoms with Gasteiger partial charge in [-0.25, -0.2) is 4.57 Å². The summed E-state index contributed by atoms with van der Waals surface area (Å²) in [6.07, 6.45) is 2.69. The van der Waals surface area contributed by atoms with Crippen molar-refractivity contribution < 1.29 is 18.1 Å². The number of hydrogen-bond acceptors (Lipinski definition) is 4. The van der Waals surface area contributed by atoms with Crippen LogP contribution < -0.4 is 0 Å². The van der Waals surface area contributed by atoms with E-state index in [1.807, 2.05) is 0 Å². The molecule has 4 nitrogen and oxygen atoms in total. The molecule has 14 heteroatoms. The van der Waals surface area contributed by atoms with Gasteiger partial charge in [-0.3, -0.25) is 13.6 Å². The van der Waals surface area contributed by atoms with E-state index in [1.165, 1.54) is 0 Å². The molecule has 0 aliphatic rings. The lowest BCUT2D eigenvalue weighted by atomic mass is 10.3. The Bertz CT molecular complexity index is 404. The van der Waals surface area contributed by atoms with E-state index in [0.29, 0.717) is 0 Å². The van der Waals surface area contributed by atoms with Gasteiger partial charge in [0.05, 0.1) is 34.3 Å². The highest BCUT2D eigenvalue weighted by Gasteiger charge is 2.32. The van der Waals surface area contributed by atoms with Gasteiger partial charge in [-0.05, 0) is 19.3 Å². The van der Waals surface area contributed by atoms with Crippen molar-refractivity contribution in [3.8, 4) is 0 Å². The normalized spacial score (nSPS) is 20.4. The van der Waals surface area contributed by atoms with Crippen molar-refractivity contribution in [2.75, 3.05) is 35.8 Å². The van der Waals surface area contributed by atoms with Gasteiger partial charge in [0.25, 0.3) is 0 Å². The summed E-state index contributed by atoms with van der Waals surface area (Å²) in [4.78, 5) is 0.402. The zero-order valence-corrected chi connectivity index (χ0v) is 30.5. The first-order valence-corrected chi connectivity index (χ1v) is 19.0. The van der Waals surface area contributed by atoms with Crippen molar-refractivity contribution in [2.45, 2.75) is 48.2 Å². The number of alkyl halides is 9. The molecule has 0 aromatic rings. The Hall–Kier alpha value is 4.43. The first-order chi connectivity index (χ1) is 13.6. The van der Waals surface area contributed by atoms with Crippen LogP contribution in [-0.4, -0.2) is 64.8 Å². The van der Waals surface area contributed by atoms with Crippen molar-refractivity contribution in [2.24, 2.45) is 0 Å². The maximum atomic E-state index is 13.3. The quantitative estimate of drug-likeness (QED) is 0.102. The highest BCUT2D eigenvalue weighted by molar-refractivity contribution is 9.13. The molecule has 0 bridgehead atoms. The number of halogens is 9. The van der Waals surface area contributed by atoms with Gasteiger partial charge in [0, 0.05) is 30.5 Å². The van der Waals surface area contributed by atoms with Crippen LogP contribution >= 0.6 is 151 Å². The predicted molar refractivity (Wildman–Crippen MR) is 157 cm³/mol. The number of hydrogen-bond donors (Lipinski definition) is 0. The molecule has 0 N–H and O–H groups in total. The van der Waals surface area contributed by atoms with Crippen LogP contribution in [0.15, 0.2) is 0 Å². The summed E-state index contributed by atoms with van der Waals surface area (Å²) in [6.45, 7) is 0.579. The lowest BCUT2D eigenvalue weighted by Crippen LogP contribution is -2.25. The third-order valence-corrected chi connectivity index (χ3v) is 14.4. The zero-order chi connectivity index (χ0) is 22.4. The van der Waals surface area contributed by atoms with Gasteiger partial charge < -0.3 is 0 Å². The van der Waals surface area contributed by atoms with Crippen molar-refractivity contribution >= 4 is 151 Å². The Labute approximate surface area is 250 Å². The largest absolute Gasteiger partial charge is 0.474 e. The van der Waals surface area contributed by atoms with Crippen LogP contribution in [0.2, 0.25) is 0 Å². The number of phosphoric ester groups is 1. The van der Waals surface area contributed by atoms with Crippen molar-refractivity contribution in [1.29, 1.82) is 0 Å². The third kappa shape index (κ3) is 15.9. The number of rotatable bonds is 18. The smallest absolute Gasteiger partial charge is 0.286 e. The van der Waals surface area contributed by atoms with Gasteiger partial charge in [0.15, 0.2) is 0 Å². The van der Waals surface area contributed by atoms with E-state index in [9.17, 15) is 4.57 Å². The van der Waals surface area contributed by atoms with E-state index in [0.717, 1.165) is 35.3 Å². The summed E-state index contributed by atoms with van der Waals surface area (Å²) in [5, 5.41) is 2.56. The summed E-state index contributed by atoms with van der Waals surface area (Å²) in [5.74, 6) is 0. The minimum absolute atomic E-state index is 0.0326. The Kier molecular flexibility index (Phi) is 22.6. The molecule has 0 aromatic carbocycles. The van der Waals surface area contributed by atoms with Crippen molar-refractivity contribution in [3.05, 3.63) is 0 Å². The molecule has 0 saturated heterocycles. The summed E-state index contributed by atoms with van der Waals surface area (Å²) < 4.78 is 30.3. The van der Waals surface area contributed by atoms with Gasteiger partial charge in [0.2, 0.25) is 0 Å². The van der Waals surface area contributed by atoms with Crippen LogP contribution in [0.3, 0.4) is 0 Å². The van der Waals surface area contributed by atoms with Crippen LogP contribution in [-0.2, 0) is 18.1 Å². The Balaban J connectivity index is 4.94. The lowest BCUT2D eigenvalue weighted by molar-refractivity contribution is 0.114. The molecular weight excluding hydrogens is 994 g/mol. The molecule has 0 amide bonds. The highest BCUT2D eigenvalue weighted by atomic mass is 79.9. The molecule has 0 heterocycles. The maximum absolute atomic E-state index is 13.3. The molecule has 0 aliphatic carbocycles. The molecule has 0 aromatic heterocycles. The molecule has 0 spiro atoms. The lowest BCUT2D eigenvalue weighted by Gasteiger charge is -2.25. The SMILES string of the molecule is O=P(OCC(Br)C(Br)CCBr)(OCC(Br)C(Br)CCBr)OCC(Br)C(Br)CCBr. The molecule has 0 aliphatic heterocycles. The molecule has 6 unspecified atom stereocenters. The first kappa shape index (κ1) is 33.4. The summed E-state index contributed by atoms with van der Waals surface area (Å²) in [7, 11) is -3.74. The van der Waals surface area contributed by atoms with E-state index in [1.54, 1.807) is 0 Å². The molecule has 176 valence electrons. The fourth-order valence-corrected chi connectivity index (χ4v) is 9.29. The van der Waals surface area contributed by atoms with E-state index in [2.05, 4.69) is 143 Å². The fourth-order valence-electron chi connectivity index (χ4n) is 1.77. The minimum atomic E-state index is -3.74. The van der Waals surface area contributed by atoms with Gasteiger partial charge in [-0.1, -0.05) is 143 Å². The highest BCUT2D eigenvalue weighted by Crippen LogP contribution is 2.51. The topological polar surface area (TPSA) is 44.8 Å². The van der Waals surface area contributed by atoms with E-state index in [4.69, 9.17) is 13.6 Å². The Morgan fingerprint density at radius 2 is 0.759 bits per heavy atom. The van der Waals surface area contributed by atoms with Crippen molar-refractivity contribution in [3.63, 3.8) is 0 Å². The summed E-state index contributed by atoms with van der Waals surface area (Å²) in [6, 6.07) is 0. The molecule has 0 saturated carbocycles. The summed E-state index contributed by atoms with van der Waals surface area (Å²) in [5.41, 5.74) is 0. The van der Waals surface area contributed by atoms with Crippen LogP contribution in [0, 0.1) is 0 Å². The minimum Gasteiger partial charge on any atom is -0.286 e. The van der Waals surface area contributed by atoms with Gasteiger partial charge in [-0.2, -0.15) is 0 Å². The third-order valence-electron chi connectivity index (χ3n) is 3.51. The van der Waals surface area contributed by atoms with Crippen molar-refractivity contribution in [1.82, 2.24) is 0 Å². The van der Waals surface area contributed by atoms with E-state index >= 15 is 0 Å². The van der Waals surface area contributed by atoms with Crippen LogP contribution in [0.4, 0.5) is 0 Å². The second-order valence-corrected chi connectivity index (χ2v) is 17.0. The molecule has 0 radical (unpaired) electrons. The average Bonchev–Trinajstić information content (AvgIpc) is 2.69. The monoisotopic (exact) mass is 1010 g/mol. The van der Waals surface area contributed by atoms with Gasteiger partial charge >= 0.3 is 7.82 Å². The van der Waals surface area contributed by atoms with Crippen LogP contribution in [0.25, 0.3) is 0 Å². The van der Waals surface area contributed by atoms with Crippen LogP contribution in [0.1, 0.15) is 19.3 Å². The maximum Gasteiger partial charge on any atom is 0.474 e. The number of phosphoric acid groups is 1. The fraction of sp³-hybridized carbons (Fsp3) is 1.00. The van der Waals surface area contributed by atoms with E-state index < -0.39 is 7.82 Å². The standard InChI is InChI=1S/C15H24Br9O4P/c16-4-1-10(19)13(22)7-26-29(25,27-8-14(23)11(20)2-5-17)28-9-15(24)12(21)3-6-18/h10-15H,1-9H2. The second kappa shape index (κ2) is 19.6. The predicted octanol–water partition coefficient (Wildman–Crippen LogP) is 9.08. The summed E-state index contributed by atoms with van der Waals surface area (Å²) >= 11 is 31.8. The van der Waals surface area contributed by atoms with E-state index in [-0.39, 0.29) is 48.8 Å². The molecule has 0 rings (SSSR count). The second-order valence-electron chi connectivity index (χ2n) is 5.86. The molecule has 0 fully saturated rings. The average molecular weight is 1020 g/mol.